The molecule has 2 rings (SSSR count). The smallest absolute Gasteiger partial charge is 0.249 e. The zero-order valence-corrected chi connectivity index (χ0v) is 8.82. The predicted octanol–water partition coefficient (Wildman–Crippen LogP) is -0.157. The highest BCUT2D eigenvalue weighted by molar-refractivity contribution is 5.98. The maximum Gasteiger partial charge on any atom is 0.249 e. The van der Waals surface area contributed by atoms with Gasteiger partial charge >= 0.3 is 0 Å². The quantitative estimate of drug-likeness (QED) is 0.559. The van der Waals surface area contributed by atoms with Crippen LogP contribution >= 0.6 is 0 Å². The van der Waals surface area contributed by atoms with Crippen molar-refractivity contribution >= 4 is 11.8 Å². The molecule has 0 saturated carbocycles. The van der Waals surface area contributed by atoms with E-state index in [4.69, 9.17) is 6.42 Å². The second kappa shape index (κ2) is 3.27. The van der Waals surface area contributed by atoms with Gasteiger partial charge in [0.05, 0.1) is 6.54 Å². The van der Waals surface area contributed by atoms with Crippen LogP contribution < -0.4 is 0 Å². The highest BCUT2D eigenvalue weighted by Gasteiger charge is 2.53. The summed E-state index contributed by atoms with van der Waals surface area (Å²) in [4.78, 5) is 27.0. The molecule has 2 amide bonds. The van der Waals surface area contributed by atoms with Gasteiger partial charge in [-0.3, -0.25) is 9.59 Å². The summed E-state index contributed by atoms with van der Waals surface area (Å²) >= 11 is 0. The summed E-state index contributed by atoms with van der Waals surface area (Å²) < 4.78 is 0. The minimum Gasteiger partial charge on any atom is -0.334 e. The lowest BCUT2D eigenvalue weighted by Gasteiger charge is -2.43. The Labute approximate surface area is 89.2 Å². The fourth-order valence-electron chi connectivity index (χ4n) is 2.61. The molecule has 2 heterocycles. The van der Waals surface area contributed by atoms with Crippen molar-refractivity contribution in [3.63, 3.8) is 0 Å². The minimum absolute atomic E-state index is 0.00227. The van der Waals surface area contributed by atoms with Crippen LogP contribution in [0.15, 0.2) is 0 Å². The van der Waals surface area contributed by atoms with E-state index < -0.39 is 5.54 Å². The molecule has 4 heteroatoms. The number of likely N-dealkylation sites (N-methyl/N-ethyl adjacent to an activating group) is 1. The molecule has 1 atom stereocenters. The van der Waals surface area contributed by atoms with Gasteiger partial charge in [-0.2, -0.15) is 0 Å². The van der Waals surface area contributed by atoms with Gasteiger partial charge in [0.15, 0.2) is 0 Å². The third-order valence-corrected chi connectivity index (χ3v) is 3.30. The van der Waals surface area contributed by atoms with Gasteiger partial charge in [-0.1, -0.05) is 0 Å². The molecule has 80 valence electrons. The lowest BCUT2D eigenvalue weighted by atomic mass is 9.89. The van der Waals surface area contributed by atoms with Crippen molar-refractivity contribution in [1.29, 1.82) is 0 Å². The van der Waals surface area contributed by atoms with Crippen LogP contribution in [0.3, 0.4) is 0 Å². The van der Waals surface area contributed by atoms with Crippen molar-refractivity contribution in [2.75, 3.05) is 20.1 Å². The molecule has 0 aromatic heterocycles. The second-order valence-electron chi connectivity index (χ2n) is 4.22. The third-order valence-electron chi connectivity index (χ3n) is 3.30. The number of terminal acetylenes is 1. The lowest BCUT2D eigenvalue weighted by molar-refractivity contribution is -0.160. The van der Waals surface area contributed by atoms with Crippen molar-refractivity contribution in [2.24, 2.45) is 0 Å². The minimum atomic E-state index is -0.723. The monoisotopic (exact) mass is 206 g/mol. The Hall–Kier alpha value is -1.50. The van der Waals surface area contributed by atoms with Crippen molar-refractivity contribution < 1.29 is 9.59 Å². The Morgan fingerprint density at radius 1 is 1.53 bits per heavy atom. The lowest BCUT2D eigenvalue weighted by Crippen LogP contribution is -2.64. The zero-order chi connectivity index (χ0) is 11.1. The Morgan fingerprint density at radius 3 is 2.93 bits per heavy atom. The van der Waals surface area contributed by atoms with E-state index in [9.17, 15) is 9.59 Å². The van der Waals surface area contributed by atoms with Gasteiger partial charge in [-0.15, -0.1) is 12.3 Å². The van der Waals surface area contributed by atoms with Crippen molar-refractivity contribution in [3.8, 4) is 12.3 Å². The molecule has 0 aliphatic carbocycles. The van der Waals surface area contributed by atoms with E-state index in [-0.39, 0.29) is 18.4 Å². The summed E-state index contributed by atoms with van der Waals surface area (Å²) in [6, 6.07) is 0. The number of amides is 2. The van der Waals surface area contributed by atoms with E-state index in [2.05, 4.69) is 5.92 Å². The van der Waals surface area contributed by atoms with Crippen molar-refractivity contribution in [3.05, 3.63) is 0 Å². The molecule has 0 aromatic rings. The van der Waals surface area contributed by atoms with Crippen molar-refractivity contribution in [2.45, 2.75) is 24.8 Å². The van der Waals surface area contributed by atoms with Crippen LogP contribution in [0.2, 0.25) is 0 Å². The molecule has 2 fully saturated rings. The molecule has 2 saturated heterocycles. The number of carbonyl (C=O) groups excluding carboxylic acids is 2. The van der Waals surface area contributed by atoms with Gasteiger partial charge in [0.2, 0.25) is 11.8 Å². The van der Waals surface area contributed by atoms with Gasteiger partial charge in [0, 0.05) is 20.0 Å². The SMILES string of the molecule is C#CC[C@@]12CCCN1C(=O)CN(C)C2=O. The van der Waals surface area contributed by atoms with Crippen LogP contribution in [0.25, 0.3) is 0 Å². The van der Waals surface area contributed by atoms with Crippen LogP contribution in [0.5, 0.6) is 0 Å². The number of nitrogens with zero attached hydrogens (tertiary/aromatic N) is 2. The molecule has 0 radical (unpaired) electrons. The molecule has 0 unspecified atom stereocenters. The first-order valence-electron chi connectivity index (χ1n) is 5.11. The van der Waals surface area contributed by atoms with Gasteiger partial charge in [0.25, 0.3) is 0 Å². The first kappa shape index (κ1) is 10.0. The maximum absolute atomic E-state index is 12.1. The number of fused-ring (bicyclic) bond motifs is 1. The van der Waals surface area contributed by atoms with Gasteiger partial charge in [-0.25, -0.2) is 0 Å². The Kier molecular flexibility index (Phi) is 2.18. The second-order valence-corrected chi connectivity index (χ2v) is 4.22. The first-order valence-corrected chi connectivity index (χ1v) is 5.11. The molecular formula is C11H14N2O2. The average molecular weight is 206 g/mol. The predicted molar refractivity (Wildman–Crippen MR) is 54.8 cm³/mol. The van der Waals surface area contributed by atoms with E-state index in [1.54, 1.807) is 11.9 Å². The van der Waals surface area contributed by atoms with E-state index >= 15 is 0 Å². The number of hydrogen-bond donors (Lipinski definition) is 0. The molecule has 15 heavy (non-hydrogen) atoms. The van der Waals surface area contributed by atoms with Gasteiger partial charge in [0.1, 0.15) is 5.54 Å². The van der Waals surface area contributed by atoms with E-state index in [0.717, 1.165) is 6.42 Å². The summed E-state index contributed by atoms with van der Waals surface area (Å²) in [5.74, 6) is 2.55. The zero-order valence-electron chi connectivity index (χ0n) is 8.82. The van der Waals surface area contributed by atoms with Crippen LogP contribution in [-0.2, 0) is 9.59 Å². The van der Waals surface area contributed by atoms with Gasteiger partial charge in [-0.05, 0) is 12.8 Å². The Morgan fingerprint density at radius 2 is 2.27 bits per heavy atom. The third kappa shape index (κ3) is 1.23. The summed E-state index contributed by atoms with van der Waals surface area (Å²) in [6.07, 6.45) is 7.21. The summed E-state index contributed by atoms with van der Waals surface area (Å²) in [6.45, 7) is 0.852. The van der Waals surface area contributed by atoms with Crippen molar-refractivity contribution in [1.82, 2.24) is 9.80 Å². The Balaban J connectivity index is 2.40. The number of carbonyl (C=O) groups is 2. The topological polar surface area (TPSA) is 40.6 Å². The summed E-state index contributed by atoms with van der Waals surface area (Å²) in [7, 11) is 1.66. The van der Waals surface area contributed by atoms with Crippen LogP contribution in [0, 0.1) is 12.3 Å². The number of rotatable bonds is 1. The van der Waals surface area contributed by atoms with E-state index in [1.807, 2.05) is 0 Å². The van der Waals surface area contributed by atoms with E-state index in [0.29, 0.717) is 19.4 Å². The van der Waals surface area contributed by atoms with Gasteiger partial charge < -0.3 is 9.80 Å². The summed E-state index contributed by atoms with van der Waals surface area (Å²) in [5, 5.41) is 0. The number of piperazine rings is 1. The fraction of sp³-hybridized carbons (Fsp3) is 0.636. The average Bonchev–Trinajstić information content (AvgIpc) is 2.61. The normalized spacial score (nSPS) is 30.4. The molecular weight excluding hydrogens is 192 g/mol. The molecule has 2 aliphatic rings. The highest BCUT2D eigenvalue weighted by atomic mass is 16.2. The molecule has 2 aliphatic heterocycles. The van der Waals surface area contributed by atoms with Crippen LogP contribution in [0.1, 0.15) is 19.3 Å². The fourth-order valence-corrected chi connectivity index (χ4v) is 2.61. The first-order chi connectivity index (χ1) is 7.12. The van der Waals surface area contributed by atoms with E-state index in [1.165, 1.54) is 4.90 Å². The Bertz CT molecular complexity index is 358. The standard InChI is InChI=1S/C11H14N2O2/c1-3-5-11-6-4-7-13(11)9(14)8-12(2)10(11)15/h1H,4-8H2,2H3/t11-/m0/s1. The molecule has 0 spiro atoms. The highest BCUT2D eigenvalue weighted by Crippen LogP contribution is 2.36. The molecule has 0 aromatic carbocycles. The van der Waals surface area contributed by atoms with Crippen LogP contribution in [0.4, 0.5) is 0 Å². The molecule has 0 bridgehead atoms. The number of hydrogen-bond acceptors (Lipinski definition) is 2. The summed E-state index contributed by atoms with van der Waals surface area (Å²) in [5.41, 5.74) is -0.723. The van der Waals surface area contributed by atoms with Crippen LogP contribution in [-0.4, -0.2) is 47.3 Å². The largest absolute Gasteiger partial charge is 0.334 e. The maximum atomic E-state index is 12.1. The molecule has 0 N–H and O–H groups in total. The molecule has 4 nitrogen and oxygen atoms in total.